The Kier molecular flexibility index (Phi) is 9.01. The van der Waals surface area contributed by atoms with Crippen LogP contribution in [0.15, 0.2) is 36.5 Å². The zero-order valence-corrected chi connectivity index (χ0v) is 18.5. The van der Waals surface area contributed by atoms with Gasteiger partial charge in [0.1, 0.15) is 6.54 Å². The Bertz CT molecular complexity index is 818. The van der Waals surface area contributed by atoms with Crippen LogP contribution in [0.1, 0.15) is 29.4 Å². The number of amides is 2. The molecule has 0 radical (unpaired) electrons. The van der Waals surface area contributed by atoms with Crippen LogP contribution in [-0.4, -0.2) is 59.5 Å². The summed E-state index contributed by atoms with van der Waals surface area (Å²) in [7, 11) is 3.53. The van der Waals surface area contributed by atoms with E-state index in [0.717, 1.165) is 12.1 Å². The van der Waals surface area contributed by atoms with E-state index in [0.29, 0.717) is 41.8 Å². The Hall–Kier alpha value is -2.02. The molecule has 0 aliphatic rings. The van der Waals surface area contributed by atoms with Gasteiger partial charge in [-0.25, -0.2) is 0 Å². The molecule has 0 saturated carbocycles. The first-order chi connectivity index (χ1) is 13.8. The molecule has 6 nitrogen and oxygen atoms in total. The third-order valence-corrected chi connectivity index (χ3v) is 4.98. The lowest BCUT2D eigenvalue weighted by Crippen LogP contribution is -2.44. The van der Waals surface area contributed by atoms with Gasteiger partial charge in [0.2, 0.25) is 5.91 Å². The van der Waals surface area contributed by atoms with E-state index in [-0.39, 0.29) is 18.4 Å². The van der Waals surface area contributed by atoms with Gasteiger partial charge in [-0.1, -0.05) is 30.1 Å². The largest absolute Gasteiger partial charge is 0.383 e. The summed E-state index contributed by atoms with van der Waals surface area (Å²) in [5.41, 5.74) is 1.37. The van der Waals surface area contributed by atoms with E-state index in [4.69, 9.17) is 27.9 Å². The number of rotatable bonds is 10. The number of methoxy groups -OCH3 is 1. The molecule has 1 heterocycles. The van der Waals surface area contributed by atoms with Crippen molar-refractivity contribution < 1.29 is 14.3 Å². The smallest absolute Gasteiger partial charge is 0.254 e. The van der Waals surface area contributed by atoms with E-state index in [1.54, 1.807) is 30.2 Å². The average molecular weight is 440 g/mol. The van der Waals surface area contributed by atoms with Gasteiger partial charge in [-0.05, 0) is 36.8 Å². The van der Waals surface area contributed by atoms with Crippen LogP contribution >= 0.6 is 23.2 Å². The number of hydrogen-bond donors (Lipinski definition) is 0. The fourth-order valence-electron chi connectivity index (χ4n) is 3.00. The SMILES string of the molecule is CCCN(CC(=O)N(CCOC)Cc1cccn1C)C(=O)c1cc(Cl)cc(Cl)c1. The van der Waals surface area contributed by atoms with Crippen LogP contribution in [0.4, 0.5) is 0 Å². The quantitative estimate of drug-likeness (QED) is 0.564. The van der Waals surface area contributed by atoms with Crippen molar-refractivity contribution in [3.8, 4) is 0 Å². The van der Waals surface area contributed by atoms with Crippen LogP contribution in [0.25, 0.3) is 0 Å². The molecular weight excluding hydrogens is 413 g/mol. The zero-order valence-electron chi connectivity index (χ0n) is 17.0. The second-order valence-electron chi connectivity index (χ2n) is 6.80. The van der Waals surface area contributed by atoms with Gasteiger partial charge in [0.25, 0.3) is 5.91 Å². The van der Waals surface area contributed by atoms with Gasteiger partial charge in [0.15, 0.2) is 0 Å². The fourth-order valence-corrected chi connectivity index (χ4v) is 3.52. The minimum atomic E-state index is -0.268. The highest BCUT2D eigenvalue weighted by atomic mass is 35.5. The predicted molar refractivity (Wildman–Crippen MR) is 115 cm³/mol. The summed E-state index contributed by atoms with van der Waals surface area (Å²) >= 11 is 12.1. The van der Waals surface area contributed by atoms with Crippen LogP contribution in [0, 0.1) is 0 Å². The molecule has 2 rings (SSSR count). The van der Waals surface area contributed by atoms with Crippen molar-refractivity contribution >= 4 is 35.0 Å². The van der Waals surface area contributed by atoms with Gasteiger partial charge in [-0.3, -0.25) is 9.59 Å². The van der Waals surface area contributed by atoms with Crippen molar-refractivity contribution in [2.75, 3.05) is 33.4 Å². The molecule has 0 fully saturated rings. The second kappa shape index (κ2) is 11.2. The first-order valence-corrected chi connectivity index (χ1v) is 10.2. The minimum absolute atomic E-state index is 0.0229. The topological polar surface area (TPSA) is 54.8 Å². The van der Waals surface area contributed by atoms with E-state index in [1.807, 2.05) is 36.9 Å². The lowest BCUT2D eigenvalue weighted by atomic mass is 10.2. The summed E-state index contributed by atoms with van der Waals surface area (Å²) in [6, 6.07) is 8.60. The Labute approximate surface area is 181 Å². The van der Waals surface area contributed by atoms with Crippen molar-refractivity contribution in [2.24, 2.45) is 7.05 Å². The van der Waals surface area contributed by atoms with Crippen LogP contribution in [0.3, 0.4) is 0 Å². The van der Waals surface area contributed by atoms with Gasteiger partial charge in [-0.15, -0.1) is 0 Å². The van der Waals surface area contributed by atoms with Gasteiger partial charge < -0.3 is 19.1 Å². The minimum Gasteiger partial charge on any atom is -0.383 e. The second-order valence-corrected chi connectivity index (χ2v) is 7.68. The maximum absolute atomic E-state index is 13.1. The number of aromatic nitrogens is 1. The van der Waals surface area contributed by atoms with Crippen LogP contribution in [0.5, 0.6) is 0 Å². The molecule has 1 aromatic heterocycles. The predicted octanol–water partition coefficient (Wildman–Crippen LogP) is 3.86. The summed E-state index contributed by atoms with van der Waals surface area (Å²) in [4.78, 5) is 29.3. The third kappa shape index (κ3) is 6.77. The molecule has 0 unspecified atom stereocenters. The third-order valence-electron chi connectivity index (χ3n) is 4.54. The highest BCUT2D eigenvalue weighted by Crippen LogP contribution is 2.20. The number of ether oxygens (including phenoxy) is 1. The molecule has 0 spiro atoms. The summed E-state index contributed by atoms with van der Waals surface area (Å²) in [5, 5.41) is 0.767. The molecule has 158 valence electrons. The molecule has 8 heteroatoms. The molecule has 0 saturated heterocycles. The van der Waals surface area contributed by atoms with Crippen molar-refractivity contribution in [2.45, 2.75) is 19.9 Å². The fraction of sp³-hybridized carbons (Fsp3) is 0.429. The van der Waals surface area contributed by atoms with Crippen LogP contribution < -0.4 is 0 Å². The molecule has 0 aliphatic heterocycles. The van der Waals surface area contributed by atoms with Crippen molar-refractivity contribution in [1.29, 1.82) is 0 Å². The molecule has 0 atom stereocenters. The van der Waals surface area contributed by atoms with Crippen molar-refractivity contribution in [3.05, 3.63) is 57.8 Å². The number of carbonyl (C=O) groups is 2. The van der Waals surface area contributed by atoms with E-state index in [2.05, 4.69) is 0 Å². The lowest BCUT2D eigenvalue weighted by molar-refractivity contribution is -0.133. The molecule has 0 N–H and O–H groups in total. The van der Waals surface area contributed by atoms with E-state index in [1.165, 1.54) is 4.90 Å². The Morgan fingerprint density at radius 1 is 1.10 bits per heavy atom. The van der Waals surface area contributed by atoms with Crippen molar-refractivity contribution in [3.63, 3.8) is 0 Å². The molecule has 0 bridgehead atoms. The first-order valence-electron chi connectivity index (χ1n) is 9.48. The maximum atomic E-state index is 13.1. The molecule has 1 aromatic carbocycles. The summed E-state index contributed by atoms with van der Waals surface area (Å²) in [6.07, 6.45) is 2.66. The Morgan fingerprint density at radius 3 is 2.34 bits per heavy atom. The number of nitrogens with zero attached hydrogens (tertiary/aromatic N) is 3. The molecule has 0 aliphatic carbocycles. The monoisotopic (exact) mass is 439 g/mol. The summed E-state index contributed by atoms with van der Waals surface area (Å²) < 4.78 is 7.13. The van der Waals surface area contributed by atoms with E-state index >= 15 is 0 Å². The zero-order chi connectivity index (χ0) is 21.4. The van der Waals surface area contributed by atoms with Crippen LogP contribution in [0.2, 0.25) is 10.0 Å². The molecule has 2 amide bonds. The lowest BCUT2D eigenvalue weighted by Gasteiger charge is -2.28. The number of benzene rings is 1. The molecule has 2 aromatic rings. The summed E-state index contributed by atoms with van der Waals surface area (Å²) in [5.74, 6) is -0.409. The Balaban J connectivity index is 2.17. The number of aryl methyl sites for hydroxylation is 1. The normalized spacial score (nSPS) is 10.8. The number of carbonyl (C=O) groups excluding carboxylic acids is 2. The maximum Gasteiger partial charge on any atom is 0.254 e. The molecule has 29 heavy (non-hydrogen) atoms. The van der Waals surface area contributed by atoms with Gasteiger partial charge in [-0.2, -0.15) is 0 Å². The van der Waals surface area contributed by atoms with Crippen LogP contribution in [-0.2, 0) is 23.1 Å². The molecular formula is C21H27Cl2N3O3. The van der Waals surface area contributed by atoms with Gasteiger partial charge >= 0.3 is 0 Å². The average Bonchev–Trinajstić information content (AvgIpc) is 3.07. The highest BCUT2D eigenvalue weighted by Gasteiger charge is 2.23. The Morgan fingerprint density at radius 2 is 1.79 bits per heavy atom. The number of halogens is 2. The van der Waals surface area contributed by atoms with Gasteiger partial charge in [0.05, 0.1) is 13.2 Å². The van der Waals surface area contributed by atoms with Crippen molar-refractivity contribution in [1.82, 2.24) is 14.4 Å². The summed E-state index contributed by atoms with van der Waals surface area (Å²) in [6.45, 7) is 3.70. The van der Waals surface area contributed by atoms with E-state index < -0.39 is 0 Å². The highest BCUT2D eigenvalue weighted by molar-refractivity contribution is 6.35. The first kappa shape index (κ1) is 23.3. The van der Waals surface area contributed by atoms with E-state index in [9.17, 15) is 9.59 Å². The number of hydrogen-bond acceptors (Lipinski definition) is 3. The standard InChI is InChI=1S/C21H27Cl2N3O3/c1-4-7-26(21(28)16-11-17(22)13-18(23)12-16)15-20(27)25(9-10-29-3)14-19-6-5-8-24(19)2/h5-6,8,11-13H,4,7,9-10,14-15H2,1-3H3. The van der Waals surface area contributed by atoms with Gasteiger partial charge in [0, 0.05) is 54.7 Å².